The van der Waals surface area contributed by atoms with Crippen LogP contribution in [0.4, 0.5) is 0 Å². The third-order valence-corrected chi connectivity index (χ3v) is 4.02. The Morgan fingerprint density at radius 2 is 2.27 bits per heavy atom. The van der Waals surface area contributed by atoms with Gasteiger partial charge in [-0.2, -0.15) is 0 Å². The van der Waals surface area contributed by atoms with Gasteiger partial charge < -0.3 is 5.11 Å². The van der Waals surface area contributed by atoms with E-state index in [1.54, 1.807) is 18.3 Å². The van der Waals surface area contributed by atoms with Gasteiger partial charge in [-0.15, -0.1) is 11.3 Å². The second kappa shape index (κ2) is 3.29. The molecule has 1 aliphatic carbocycles. The molecule has 1 atom stereocenters. The second-order valence-electron chi connectivity index (χ2n) is 4.23. The molecule has 1 aliphatic rings. The van der Waals surface area contributed by atoms with E-state index >= 15 is 0 Å². The van der Waals surface area contributed by atoms with Crippen molar-refractivity contribution < 1.29 is 5.11 Å². The molecule has 1 fully saturated rings. The van der Waals surface area contributed by atoms with Gasteiger partial charge in [-0.3, -0.25) is 0 Å². The first-order chi connectivity index (χ1) is 7.24. The molecule has 0 amide bonds. The number of benzene rings is 1. The van der Waals surface area contributed by atoms with Crippen molar-refractivity contribution in [1.29, 1.82) is 0 Å². The van der Waals surface area contributed by atoms with Crippen LogP contribution in [0.1, 0.15) is 42.4 Å². The Morgan fingerprint density at radius 1 is 1.47 bits per heavy atom. The quantitative estimate of drug-likeness (QED) is 0.841. The molecular formula is C12H13NOS. The number of fused-ring (bicyclic) bond motifs is 1. The van der Waals surface area contributed by atoms with Crippen molar-refractivity contribution in [2.75, 3.05) is 0 Å². The van der Waals surface area contributed by atoms with E-state index < -0.39 is 0 Å². The maximum atomic E-state index is 9.50. The fourth-order valence-electron chi connectivity index (χ4n) is 1.72. The third kappa shape index (κ3) is 1.66. The molecule has 0 aliphatic heterocycles. The minimum absolute atomic E-state index is 0.388. The summed E-state index contributed by atoms with van der Waals surface area (Å²) in [5, 5.41) is 10.8. The predicted octanol–water partition coefficient (Wildman–Crippen LogP) is 3.23. The van der Waals surface area contributed by atoms with Crippen LogP contribution in [-0.2, 0) is 0 Å². The zero-order chi connectivity index (χ0) is 10.4. The summed E-state index contributed by atoms with van der Waals surface area (Å²) >= 11 is 1.78. The van der Waals surface area contributed by atoms with Crippen molar-refractivity contribution in [2.24, 2.45) is 0 Å². The fraction of sp³-hybridized carbons (Fsp3) is 0.417. The molecule has 1 aromatic heterocycles. The largest absolute Gasteiger partial charge is 0.389 e. The van der Waals surface area contributed by atoms with Crippen molar-refractivity contribution in [3.05, 3.63) is 28.8 Å². The van der Waals surface area contributed by atoms with Gasteiger partial charge >= 0.3 is 0 Å². The van der Waals surface area contributed by atoms with Crippen molar-refractivity contribution in [2.45, 2.75) is 31.8 Å². The fourth-order valence-corrected chi connectivity index (χ4v) is 2.91. The van der Waals surface area contributed by atoms with E-state index in [9.17, 15) is 5.11 Å². The zero-order valence-corrected chi connectivity index (χ0v) is 9.42. The molecule has 0 bridgehead atoms. The lowest BCUT2D eigenvalue weighted by atomic mass is 10.1. The maximum absolute atomic E-state index is 9.50. The molecular weight excluding hydrogens is 206 g/mol. The first-order valence-corrected chi connectivity index (χ1v) is 6.14. The highest BCUT2D eigenvalue weighted by Crippen LogP contribution is 2.43. The second-order valence-corrected chi connectivity index (χ2v) is 5.29. The molecule has 2 aromatic rings. The Balaban J connectivity index is 2.09. The van der Waals surface area contributed by atoms with Crippen LogP contribution in [-0.4, -0.2) is 10.1 Å². The van der Waals surface area contributed by atoms with Gasteiger partial charge in [0.05, 0.1) is 21.3 Å². The summed E-state index contributed by atoms with van der Waals surface area (Å²) in [6.07, 6.45) is 2.20. The Bertz CT molecular complexity index is 499. The van der Waals surface area contributed by atoms with E-state index in [2.05, 4.69) is 11.1 Å². The topological polar surface area (TPSA) is 33.1 Å². The third-order valence-electron chi connectivity index (χ3n) is 2.84. The summed E-state index contributed by atoms with van der Waals surface area (Å²) < 4.78 is 1.20. The predicted molar refractivity (Wildman–Crippen MR) is 62.2 cm³/mol. The smallest absolute Gasteiger partial charge is 0.0969 e. The van der Waals surface area contributed by atoms with E-state index in [1.165, 1.54) is 22.5 Å². The van der Waals surface area contributed by atoms with Crippen LogP contribution in [0.25, 0.3) is 10.2 Å². The number of hydrogen-bond donors (Lipinski definition) is 1. The number of rotatable bonds is 2. The Morgan fingerprint density at radius 3 is 2.93 bits per heavy atom. The summed E-state index contributed by atoms with van der Waals surface area (Å²) in [6, 6.07) is 6.03. The molecule has 1 heterocycles. The molecule has 1 saturated carbocycles. The van der Waals surface area contributed by atoms with Crippen LogP contribution in [0.15, 0.2) is 18.2 Å². The van der Waals surface area contributed by atoms with E-state index in [0.717, 1.165) is 17.0 Å². The SMILES string of the molecule is CC(O)c1ccc2nc(C3CC3)sc2c1. The minimum Gasteiger partial charge on any atom is -0.389 e. The number of aliphatic hydroxyl groups is 1. The molecule has 1 N–H and O–H groups in total. The highest BCUT2D eigenvalue weighted by Gasteiger charge is 2.26. The highest BCUT2D eigenvalue weighted by molar-refractivity contribution is 7.18. The summed E-state index contributed by atoms with van der Waals surface area (Å²) in [5.41, 5.74) is 2.06. The average Bonchev–Trinajstić information content (AvgIpc) is 2.97. The Labute approximate surface area is 92.6 Å². The summed E-state index contributed by atoms with van der Waals surface area (Å²) in [4.78, 5) is 4.61. The van der Waals surface area contributed by atoms with E-state index in [4.69, 9.17) is 0 Å². The lowest BCUT2D eigenvalue weighted by Crippen LogP contribution is -1.89. The molecule has 15 heavy (non-hydrogen) atoms. The van der Waals surface area contributed by atoms with Crippen molar-refractivity contribution in [1.82, 2.24) is 4.98 Å². The van der Waals surface area contributed by atoms with Crippen LogP contribution < -0.4 is 0 Å². The number of aliphatic hydroxyl groups excluding tert-OH is 1. The molecule has 2 nitrogen and oxygen atoms in total. The number of nitrogens with zero attached hydrogens (tertiary/aromatic N) is 1. The van der Waals surface area contributed by atoms with Gasteiger partial charge in [0.15, 0.2) is 0 Å². The van der Waals surface area contributed by atoms with Crippen LogP contribution >= 0.6 is 11.3 Å². The van der Waals surface area contributed by atoms with E-state index in [-0.39, 0.29) is 6.10 Å². The number of aromatic nitrogens is 1. The lowest BCUT2D eigenvalue weighted by molar-refractivity contribution is 0.199. The molecule has 1 aromatic carbocycles. The minimum atomic E-state index is -0.388. The number of hydrogen-bond acceptors (Lipinski definition) is 3. The van der Waals surface area contributed by atoms with Crippen LogP contribution in [0, 0.1) is 0 Å². The van der Waals surface area contributed by atoms with Crippen molar-refractivity contribution in [3.63, 3.8) is 0 Å². The average molecular weight is 219 g/mol. The first kappa shape index (κ1) is 9.31. The Hall–Kier alpha value is -0.930. The molecule has 78 valence electrons. The maximum Gasteiger partial charge on any atom is 0.0969 e. The van der Waals surface area contributed by atoms with E-state index in [0.29, 0.717) is 0 Å². The van der Waals surface area contributed by atoms with Gasteiger partial charge in [-0.1, -0.05) is 6.07 Å². The van der Waals surface area contributed by atoms with Gasteiger partial charge in [0.2, 0.25) is 0 Å². The van der Waals surface area contributed by atoms with Crippen molar-refractivity contribution in [3.8, 4) is 0 Å². The van der Waals surface area contributed by atoms with E-state index in [1.807, 2.05) is 12.1 Å². The summed E-state index contributed by atoms with van der Waals surface area (Å²) in [5.74, 6) is 0.720. The zero-order valence-electron chi connectivity index (χ0n) is 8.60. The van der Waals surface area contributed by atoms with Gasteiger partial charge in [0, 0.05) is 5.92 Å². The van der Waals surface area contributed by atoms with Gasteiger partial charge in [0.25, 0.3) is 0 Å². The molecule has 0 saturated heterocycles. The molecule has 0 spiro atoms. The number of thiazole rings is 1. The molecule has 3 heteroatoms. The summed E-state index contributed by atoms with van der Waals surface area (Å²) in [6.45, 7) is 1.80. The summed E-state index contributed by atoms with van der Waals surface area (Å²) in [7, 11) is 0. The van der Waals surface area contributed by atoms with Crippen molar-refractivity contribution >= 4 is 21.6 Å². The first-order valence-electron chi connectivity index (χ1n) is 5.32. The lowest BCUT2D eigenvalue weighted by Gasteiger charge is -2.02. The molecule has 1 unspecified atom stereocenters. The Kier molecular flexibility index (Phi) is 2.04. The van der Waals surface area contributed by atoms with Crippen LogP contribution in [0.5, 0.6) is 0 Å². The van der Waals surface area contributed by atoms with Crippen LogP contribution in [0.2, 0.25) is 0 Å². The standard InChI is InChI=1S/C12H13NOS/c1-7(14)9-4-5-10-11(6-9)15-12(13-10)8-2-3-8/h4-8,14H,2-3H2,1H3. The van der Waals surface area contributed by atoms with Gasteiger partial charge in [0.1, 0.15) is 0 Å². The normalized spacial score (nSPS) is 18.3. The van der Waals surface area contributed by atoms with Gasteiger partial charge in [-0.05, 0) is 37.5 Å². The van der Waals surface area contributed by atoms with Gasteiger partial charge in [-0.25, -0.2) is 4.98 Å². The van der Waals surface area contributed by atoms with Crippen LogP contribution in [0.3, 0.4) is 0 Å². The monoisotopic (exact) mass is 219 g/mol. The molecule has 0 radical (unpaired) electrons. The molecule has 3 rings (SSSR count). The highest BCUT2D eigenvalue weighted by atomic mass is 32.1.